The number of nitrogens with one attached hydrogen (secondary N) is 1. The second-order valence-electron chi connectivity index (χ2n) is 6.53. The Kier molecular flexibility index (Phi) is 6.46. The van der Waals surface area contributed by atoms with Crippen LogP contribution in [0.1, 0.15) is 19.2 Å². The molecule has 158 valence electrons. The Balaban J connectivity index is 1.77. The molecule has 0 saturated carbocycles. The number of carbonyl (C=O) groups is 1. The van der Waals surface area contributed by atoms with Gasteiger partial charge in [-0.2, -0.15) is 4.98 Å². The summed E-state index contributed by atoms with van der Waals surface area (Å²) in [6.07, 6.45) is 1.06. The van der Waals surface area contributed by atoms with E-state index in [1.807, 2.05) is 30.3 Å². The van der Waals surface area contributed by atoms with Crippen LogP contribution in [0, 0.1) is 5.82 Å². The largest absolute Gasteiger partial charge is 0.345 e. The van der Waals surface area contributed by atoms with Crippen LogP contribution in [0.2, 0.25) is 0 Å². The number of sulfonamides is 1. The Labute approximate surface area is 173 Å². The van der Waals surface area contributed by atoms with Crippen molar-refractivity contribution in [3.63, 3.8) is 0 Å². The Bertz CT molecular complexity index is 1120. The summed E-state index contributed by atoms with van der Waals surface area (Å²) in [5.41, 5.74) is 0.569. The highest BCUT2D eigenvalue weighted by Gasteiger charge is 2.33. The van der Waals surface area contributed by atoms with Gasteiger partial charge in [-0.3, -0.25) is 9.10 Å². The summed E-state index contributed by atoms with van der Waals surface area (Å²) >= 11 is 0. The fourth-order valence-corrected chi connectivity index (χ4v) is 4.19. The van der Waals surface area contributed by atoms with Crippen LogP contribution in [0.15, 0.2) is 59.1 Å². The van der Waals surface area contributed by atoms with Crippen molar-refractivity contribution in [1.82, 2.24) is 15.5 Å². The lowest BCUT2D eigenvalue weighted by Crippen LogP contribution is -2.49. The molecule has 1 N–H and O–H groups in total. The molecule has 3 rings (SSSR count). The molecule has 0 saturated heterocycles. The van der Waals surface area contributed by atoms with Crippen molar-refractivity contribution in [3.8, 4) is 11.4 Å². The van der Waals surface area contributed by atoms with Crippen LogP contribution in [0.4, 0.5) is 10.1 Å². The maximum atomic E-state index is 14.3. The molecule has 8 nitrogen and oxygen atoms in total. The number of carbonyl (C=O) groups excluding carboxylic acids is 1. The first kappa shape index (κ1) is 21.4. The molecule has 1 amide bonds. The summed E-state index contributed by atoms with van der Waals surface area (Å²) in [6, 6.07) is 13.4. The standard InChI is InChI=1S/C20H21FN4O4S/c1-3-16(25(30(2,27)28)17-12-8-7-11-15(17)21)20(26)22-13-18-23-19(24-29-18)14-9-5-4-6-10-14/h4-12,16H,3,13H2,1-2H3,(H,22,26)/t16-/m1/s1. The molecule has 0 aliphatic rings. The van der Waals surface area contributed by atoms with Gasteiger partial charge in [0.25, 0.3) is 0 Å². The van der Waals surface area contributed by atoms with Crippen LogP contribution < -0.4 is 9.62 Å². The number of hydrogen-bond acceptors (Lipinski definition) is 6. The second kappa shape index (κ2) is 9.04. The minimum absolute atomic E-state index is 0.0932. The van der Waals surface area contributed by atoms with Crippen LogP contribution in [0.5, 0.6) is 0 Å². The fourth-order valence-electron chi connectivity index (χ4n) is 2.98. The Hall–Kier alpha value is -3.27. The molecule has 3 aromatic rings. The zero-order valence-electron chi connectivity index (χ0n) is 16.4. The van der Waals surface area contributed by atoms with Gasteiger partial charge >= 0.3 is 0 Å². The fraction of sp³-hybridized carbons (Fsp3) is 0.250. The number of halogens is 1. The summed E-state index contributed by atoms with van der Waals surface area (Å²) in [6.45, 7) is 1.55. The number of nitrogens with zero attached hydrogens (tertiary/aromatic N) is 3. The van der Waals surface area contributed by atoms with E-state index in [-0.39, 0.29) is 24.5 Å². The number of rotatable bonds is 8. The highest BCUT2D eigenvalue weighted by Crippen LogP contribution is 2.25. The summed E-state index contributed by atoms with van der Waals surface area (Å²) in [5, 5.41) is 6.46. The van der Waals surface area contributed by atoms with Gasteiger partial charge in [0.05, 0.1) is 18.5 Å². The summed E-state index contributed by atoms with van der Waals surface area (Å²) in [7, 11) is -3.93. The van der Waals surface area contributed by atoms with E-state index in [0.717, 1.165) is 22.2 Å². The average Bonchev–Trinajstić information content (AvgIpc) is 3.20. The lowest BCUT2D eigenvalue weighted by molar-refractivity contribution is -0.122. The highest BCUT2D eigenvalue weighted by atomic mass is 32.2. The minimum atomic E-state index is -3.93. The van der Waals surface area contributed by atoms with E-state index in [2.05, 4.69) is 15.5 Å². The van der Waals surface area contributed by atoms with Crippen LogP contribution in [0.25, 0.3) is 11.4 Å². The molecule has 0 spiro atoms. The first-order valence-electron chi connectivity index (χ1n) is 9.21. The lowest BCUT2D eigenvalue weighted by Gasteiger charge is -2.30. The average molecular weight is 432 g/mol. The monoisotopic (exact) mass is 432 g/mol. The van der Waals surface area contributed by atoms with E-state index in [1.165, 1.54) is 18.2 Å². The molecule has 30 heavy (non-hydrogen) atoms. The number of amides is 1. The van der Waals surface area contributed by atoms with Gasteiger partial charge in [0.1, 0.15) is 11.9 Å². The van der Waals surface area contributed by atoms with Gasteiger partial charge in [-0.15, -0.1) is 0 Å². The first-order chi connectivity index (χ1) is 14.3. The van der Waals surface area contributed by atoms with E-state index in [9.17, 15) is 17.6 Å². The van der Waals surface area contributed by atoms with E-state index in [4.69, 9.17) is 4.52 Å². The number of aromatic nitrogens is 2. The van der Waals surface area contributed by atoms with Gasteiger partial charge in [-0.1, -0.05) is 54.5 Å². The molecular formula is C20H21FN4O4S. The highest BCUT2D eigenvalue weighted by molar-refractivity contribution is 7.92. The Morgan fingerprint density at radius 2 is 1.83 bits per heavy atom. The third-order valence-electron chi connectivity index (χ3n) is 4.33. The molecule has 0 radical (unpaired) electrons. The molecular weight excluding hydrogens is 411 g/mol. The van der Waals surface area contributed by atoms with Crippen LogP contribution in [-0.2, 0) is 21.4 Å². The van der Waals surface area contributed by atoms with Gasteiger partial charge in [-0.25, -0.2) is 12.8 Å². The Morgan fingerprint density at radius 3 is 2.47 bits per heavy atom. The normalized spacial score (nSPS) is 12.4. The molecule has 0 bridgehead atoms. The maximum absolute atomic E-state index is 14.3. The first-order valence-corrected chi connectivity index (χ1v) is 11.1. The van der Waals surface area contributed by atoms with Crippen molar-refractivity contribution < 1.29 is 22.1 Å². The topological polar surface area (TPSA) is 105 Å². The third-order valence-corrected chi connectivity index (χ3v) is 5.50. The smallest absolute Gasteiger partial charge is 0.246 e. The molecule has 0 aliphatic heterocycles. The second-order valence-corrected chi connectivity index (χ2v) is 8.39. The van der Waals surface area contributed by atoms with Crippen molar-refractivity contribution >= 4 is 21.6 Å². The van der Waals surface area contributed by atoms with Crippen LogP contribution in [-0.4, -0.2) is 36.8 Å². The van der Waals surface area contributed by atoms with E-state index < -0.39 is 27.8 Å². The third kappa shape index (κ3) is 4.82. The molecule has 0 unspecified atom stereocenters. The predicted octanol–water partition coefficient (Wildman–Crippen LogP) is 2.74. The SMILES string of the molecule is CC[C@H](C(=O)NCc1nc(-c2ccccc2)no1)N(c1ccccc1F)S(C)(=O)=O. The van der Waals surface area contributed by atoms with Crippen molar-refractivity contribution in [2.24, 2.45) is 0 Å². The molecule has 2 aromatic carbocycles. The number of hydrogen-bond donors (Lipinski definition) is 1. The summed E-state index contributed by atoms with van der Waals surface area (Å²) < 4.78 is 44.9. The zero-order chi connectivity index (χ0) is 21.7. The Morgan fingerprint density at radius 1 is 1.17 bits per heavy atom. The molecule has 0 fully saturated rings. The molecule has 10 heteroatoms. The lowest BCUT2D eigenvalue weighted by atomic mass is 10.2. The summed E-state index contributed by atoms with van der Waals surface area (Å²) in [4.78, 5) is 17.0. The van der Waals surface area contributed by atoms with Crippen LogP contribution in [0.3, 0.4) is 0 Å². The number of para-hydroxylation sites is 1. The van der Waals surface area contributed by atoms with Crippen molar-refractivity contribution in [3.05, 3.63) is 66.3 Å². The summed E-state index contributed by atoms with van der Waals surface area (Å²) in [5.74, 6) is -0.811. The van der Waals surface area contributed by atoms with Gasteiger partial charge in [0.15, 0.2) is 0 Å². The van der Waals surface area contributed by atoms with Crippen molar-refractivity contribution in [2.45, 2.75) is 25.9 Å². The van der Waals surface area contributed by atoms with Gasteiger partial charge in [0, 0.05) is 5.56 Å². The van der Waals surface area contributed by atoms with E-state index >= 15 is 0 Å². The number of anilines is 1. The van der Waals surface area contributed by atoms with E-state index in [1.54, 1.807) is 6.92 Å². The predicted molar refractivity (Wildman–Crippen MR) is 109 cm³/mol. The van der Waals surface area contributed by atoms with Crippen molar-refractivity contribution in [2.75, 3.05) is 10.6 Å². The minimum Gasteiger partial charge on any atom is -0.345 e. The molecule has 1 atom stereocenters. The van der Waals surface area contributed by atoms with Crippen molar-refractivity contribution in [1.29, 1.82) is 0 Å². The molecule has 1 aromatic heterocycles. The maximum Gasteiger partial charge on any atom is 0.246 e. The van der Waals surface area contributed by atoms with Crippen LogP contribution >= 0.6 is 0 Å². The number of benzene rings is 2. The van der Waals surface area contributed by atoms with E-state index in [0.29, 0.717) is 5.82 Å². The zero-order valence-corrected chi connectivity index (χ0v) is 17.3. The molecule has 1 heterocycles. The molecule has 0 aliphatic carbocycles. The van der Waals surface area contributed by atoms with Gasteiger partial charge in [0.2, 0.25) is 27.6 Å². The van der Waals surface area contributed by atoms with Gasteiger partial charge in [-0.05, 0) is 18.6 Å². The van der Waals surface area contributed by atoms with Gasteiger partial charge < -0.3 is 9.84 Å². The quantitative estimate of drug-likeness (QED) is 0.587.